The van der Waals surface area contributed by atoms with Gasteiger partial charge in [0.2, 0.25) is 0 Å². The summed E-state index contributed by atoms with van der Waals surface area (Å²) in [6.07, 6.45) is 3.49. The fraction of sp³-hybridized carbons (Fsp3) is 0.231. The van der Waals surface area contributed by atoms with Crippen molar-refractivity contribution in [2.24, 2.45) is 7.05 Å². The van der Waals surface area contributed by atoms with Crippen LogP contribution in [-0.2, 0) is 7.05 Å². The van der Waals surface area contributed by atoms with Crippen LogP contribution in [0, 0.1) is 0 Å². The highest BCUT2D eigenvalue weighted by molar-refractivity contribution is 5.94. The van der Waals surface area contributed by atoms with Crippen LogP contribution in [0.25, 0.3) is 11.1 Å². The average molecular weight is 260 g/mol. The molecule has 1 aromatic carbocycles. The van der Waals surface area contributed by atoms with Gasteiger partial charge in [-0.1, -0.05) is 0 Å². The maximum atomic E-state index is 11.3. The highest BCUT2D eigenvalue weighted by Gasteiger charge is 2.22. The van der Waals surface area contributed by atoms with E-state index in [1.807, 2.05) is 6.20 Å². The number of hydrogen-bond acceptors (Lipinski definition) is 4. The van der Waals surface area contributed by atoms with Gasteiger partial charge in [0, 0.05) is 18.8 Å². The third kappa shape index (κ3) is 2.01. The average Bonchev–Trinajstić information content (AvgIpc) is 2.84. The van der Waals surface area contributed by atoms with Crippen molar-refractivity contribution in [1.82, 2.24) is 9.78 Å². The molecule has 0 saturated carbocycles. The summed E-state index contributed by atoms with van der Waals surface area (Å²) in [4.78, 5) is 11.3. The summed E-state index contributed by atoms with van der Waals surface area (Å²) in [5.74, 6) is -0.274. The smallest absolute Gasteiger partial charge is 0.339 e. The van der Waals surface area contributed by atoms with Crippen molar-refractivity contribution in [3.8, 4) is 22.6 Å². The Morgan fingerprint density at radius 3 is 2.79 bits per heavy atom. The van der Waals surface area contributed by atoms with Gasteiger partial charge in [0.25, 0.3) is 0 Å². The van der Waals surface area contributed by atoms with Crippen molar-refractivity contribution < 1.29 is 19.4 Å². The summed E-state index contributed by atoms with van der Waals surface area (Å²) in [5.41, 5.74) is 1.69. The Kier molecular flexibility index (Phi) is 2.63. The second-order valence-electron chi connectivity index (χ2n) is 4.26. The van der Waals surface area contributed by atoms with Crippen LogP contribution < -0.4 is 9.47 Å². The molecule has 98 valence electrons. The van der Waals surface area contributed by atoms with Crippen molar-refractivity contribution in [2.75, 3.05) is 13.2 Å². The Morgan fingerprint density at radius 2 is 2.11 bits per heavy atom. The lowest BCUT2D eigenvalue weighted by Gasteiger charge is -2.20. The number of nitrogens with zero attached hydrogens (tertiary/aromatic N) is 2. The van der Waals surface area contributed by atoms with E-state index in [0.29, 0.717) is 24.7 Å². The predicted molar refractivity (Wildman–Crippen MR) is 66.6 cm³/mol. The van der Waals surface area contributed by atoms with Crippen molar-refractivity contribution in [2.45, 2.75) is 0 Å². The molecule has 0 saturated heterocycles. The Labute approximate surface area is 109 Å². The van der Waals surface area contributed by atoms with Crippen LogP contribution >= 0.6 is 0 Å². The van der Waals surface area contributed by atoms with E-state index in [1.165, 1.54) is 0 Å². The molecule has 0 radical (unpaired) electrons. The number of aryl methyl sites for hydroxylation is 1. The normalized spacial score (nSPS) is 13.3. The lowest BCUT2D eigenvalue weighted by atomic mass is 10.0. The molecule has 0 atom stereocenters. The first-order chi connectivity index (χ1) is 9.15. The maximum absolute atomic E-state index is 11.3. The molecular weight excluding hydrogens is 248 g/mol. The van der Waals surface area contributed by atoms with Gasteiger partial charge in [-0.3, -0.25) is 4.68 Å². The zero-order valence-corrected chi connectivity index (χ0v) is 10.3. The number of hydrogen-bond donors (Lipinski definition) is 1. The van der Waals surface area contributed by atoms with Crippen molar-refractivity contribution in [1.29, 1.82) is 0 Å². The lowest BCUT2D eigenvalue weighted by Crippen LogP contribution is -2.18. The van der Waals surface area contributed by atoms with E-state index in [-0.39, 0.29) is 5.56 Å². The van der Waals surface area contributed by atoms with Crippen LogP contribution in [0.15, 0.2) is 24.5 Å². The molecule has 1 aromatic heterocycles. The topological polar surface area (TPSA) is 73.6 Å². The number of fused-ring (bicyclic) bond motifs is 1. The molecule has 1 aliphatic heterocycles. The van der Waals surface area contributed by atoms with Crippen molar-refractivity contribution >= 4 is 5.97 Å². The summed E-state index contributed by atoms with van der Waals surface area (Å²) >= 11 is 0. The van der Waals surface area contributed by atoms with Gasteiger partial charge in [0.1, 0.15) is 18.8 Å². The highest BCUT2D eigenvalue weighted by Crippen LogP contribution is 2.38. The van der Waals surface area contributed by atoms with E-state index < -0.39 is 5.97 Å². The first-order valence-corrected chi connectivity index (χ1v) is 5.81. The summed E-state index contributed by atoms with van der Waals surface area (Å²) in [7, 11) is 1.81. The Bertz CT molecular complexity index is 648. The quantitative estimate of drug-likeness (QED) is 0.887. The van der Waals surface area contributed by atoms with Crippen molar-refractivity contribution in [3.63, 3.8) is 0 Å². The third-order valence-corrected chi connectivity index (χ3v) is 2.91. The minimum Gasteiger partial charge on any atom is -0.486 e. The number of carbonyl (C=O) groups is 1. The van der Waals surface area contributed by atoms with Gasteiger partial charge in [-0.15, -0.1) is 0 Å². The van der Waals surface area contributed by atoms with Crippen LogP contribution in [0.2, 0.25) is 0 Å². The van der Waals surface area contributed by atoms with Gasteiger partial charge in [0.15, 0.2) is 11.5 Å². The number of benzene rings is 1. The number of aromatic carboxylic acids is 1. The van der Waals surface area contributed by atoms with E-state index in [0.717, 1.165) is 11.1 Å². The molecule has 0 bridgehead atoms. The molecule has 0 fully saturated rings. The van der Waals surface area contributed by atoms with E-state index in [2.05, 4.69) is 5.10 Å². The van der Waals surface area contributed by atoms with Crippen LogP contribution in [0.3, 0.4) is 0 Å². The zero-order valence-electron chi connectivity index (χ0n) is 10.3. The van der Waals surface area contributed by atoms with Gasteiger partial charge in [-0.25, -0.2) is 4.79 Å². The Hall–Kier alpha value is -2.50. The Balaban J connectivity index is 2.16. The van der Waals surface area contributed by atoms with Gasteiger partial charge >= 0.3 is 5.97 Å². The van der Waals surface area contributed by atoms with Gasteiger partial charge in [-0.2, -0.15) is 5.10 Å². The molecule has 19 heavy (non-hydrogen) atoms. The standard InChI is InChI=1S/C13H12N2O4/c1-15-7-9(6-14-15)8-4-10(13(16)17)12-11(5-8)18-2-3-19-12/h4-7H,2-3H2,1H3,(H,16,17). The molecule has 0 amide bonds. The summed E-state index contributed by atoms with van der Waals surface area (Å²) in [6, 6.07) is 3.35. The molecule has 2 aromatic rings. The van der Waals surface area contributed by atoms with E-state index in [9.17, 15) is 9.90 Å². The molecule has 0 aliphatic carbocycles. The van der Waals surface area contributed by atoms with Crippen LogP contribution in [-0.4, -0.2) is 34.1 Å². The van der Waals surface area contributed by atoms with E-state index in [1.54, 1.807) is 30.1 Å². The third-order valence-electron chi connectivity index (χ3n) is 2.91. The van der Waals surface area contributed by atoms with Crippen LogP contribution in [0.4, 0.5) is 0 Å². The minimum atomic E-state index is -1.03. The number of carboxylic acid groups (broad SMARTS) is 1. The van der Waals surface area contributed by atoms with E-state index >= 15 is 0 Å². The van der Waals surface area contributed by atoms with Crippen LogP contribution in [0.5, 0.6) is 11.5 Å². The molecule has 1 aliphatic rings. The summed E-state index contributed by atoms with van der Waals surface area (Å²) in [6.45, 7) is 0.780. The van der Waals surface area contributed by atoms with Gasteiger partial charge < -0.3 is 14.6 Å². The fourth-order valence-electron chi connectivity index (χ4n) is 2.05. The highest BCUT2D eigenvalue weighted by atomic mass is 16.6. The number of rotatable bonds is 2. The SMILES string of the molecule is Cn1cc(-c2cc3c(c(C(=O)O)c2)OCCO3)cn1. The van der Waals surface area contributed by atoms with Gasteiger partial charge in [0.05, 0.1) is 6.20 Å². The number of carboxylic acids is 1. The summed E-state index contributed by atoms with van der Waals surface area (Å²) < 4.78 is 12.5. The molecule has 2 heterocycles. The second-order valence-corrected chi connectivity index (χ2v) is 4.26. The van der Waals surface area contributed by atoms with Crippen molar-refractivity contribution in [3.05, 3.63) is 30.1 Å². The Morgan fingerprint density at radius 1 is 1.32 bits per heavy atom. The predicted octanol–water partition coefficient (Wildman–Crippen LogP) is 1.56. The molecular formula is C13H12N2O4. The maximum Gasteiger partial charge on any atom is 0.339 e. The first kappa shape index (κ1) is 11.6. The van der Waals surface area contributed by atoms with E-state index in [4.69, 9.17) is 9.47 Å². The largest absolute Gasteiger partial charge is 0.486 e. The number of aromatic nitrogens is 2. The molecule has 0 spiro atoms. The lowest BCUT2D eigenvalue weighted by molar-refractivity contribution is 0.0686. The summed E-state index contributed by atoms with van der Waals surface area (Å²) in [5, 5.41) is 13.3. The van der Waals surface area contributed by atoms with Gasteiger partial charge in [-0.05, 0) is 17.7 Å². The molecule has 6 nitrogen and oxygen atoms in total. The molecule has 0 unspecified atom stereocenters. The molecule has 1 N–H and O–H groups in total. The second kappa shape index (κ2) is 4.31. The molecule has 6 heteroatoms. The zero-order chi connectivity index (χ0) is 13.4. The number of ether oxygens (including phenoxy) is 2. The minimum absolute atomic E-state index is 0.107. The first-order valence-electron chi connectivity index (χ1n) is 5.81. The molecule has 3 rings (SSSR count). The fourth-order valence-corrected chi connectivity index (χ4v) is 2.05. The monoisotopic (exact) mass is 260 g/mol. The van der Waals surface area contributed by atoms with Crippen LogP contribution in [0.1, 0.15) is 10.4 Å².